The van der Waals surface area contributed by atoms with E-state index in [1.165, 1.54) is 43.7 Å². The standard InChI is InChI=1S/C48H32I2/c1-4-16-33(17-5-1)36-30-41(34-18-6-2-7-19-34)48(42(31-36)35-20-8-3-9-21-35)50-46-27-15-12-24-40(46)43-32-37(28-29-47(43)50)49-44-25-13-10-22-38(44)39-23-11-14-26-45(39)49/h1-32H/i30D,31D. The van der Waals surface area contributed by atoms with Crippen LogP contribution in [0.4, 0.5) is 0 Å². The van der Waals surface area contributed by atoms with Crippen LogP contribution in [0.3, 0.4) is 0 Å². The van der Waals surface area contributed by atoms with E-state index in [0.717, 1.165) is 27.8 Å². The normalized spacial score (nSPS) is 14.3. The van der Waals surface area contributed by atoms with E-state index < -0.39 is 39.6 Å². The Hall–Kier alpha value is -4.78. The Kier molecular flexibility index (Phi) is 7.01. The van der Waals surface area contributed by atoms with Crippen molar-refractivity contribution in [2.45, 2.75) is 0 Å². The first-order chi connectivity index (χ1) is 25.7. The van der Waals surface area contributed by atoms with Crippen LogP contribution < -0.4 is 0 Å². The van der Waals surface area contributed by atoms with E-state index in [0.29, 0.717) is 17.6 Å². The van der Waals surface area contributed by atoms with Crippen LogP contribution in [0, 0.1) is 21.4 Å². The SMILES string of the molecule is [2H]c1c(-c2ccccc2)c([2H])c(-c2ccccc2)c(I2c3ccccc3-c3cc(I4c5ccccc5-c5ccccc54)ccc32)c1-c1ccccc1. The molecule has 0 amide bonds. The Morgan fingerprint density at radius 1 is 0.300 bits per heavy atom. The van der Waals surface area contributed by atoms with Crippen LogP contribution in [0.5, 0.6) is 0 Å². The predicted octanol–water partition coefficient (Wildman–Crippen LogP) is 13.5. The summed E-state index contributed by atoms with van der Waals surface area (Å²) < 4.78 is 28.4. The van der Waals surface area contributed by atoms with Gasteiger partial charge >= 0.3 is 314 Å². The summed E-state index contributed by atoms with van der Waals surface area (Å²) in [5.41, 5.74) is 11.0. The molecule has 8 aromatic rings. The quantitative estimate of drug-likeness (QED) is 0.151. The molecule has 0 aliphatic carbocycles. The molecule has 0 fully saturated rings. The van der Waals surface area contributed by atoms with Crippen LogP contribution in [-0.2, 0) is 0 Å². The second-order valence-corrected chi connectivity index (χ2v) is 22.6. The maximum atomic E-state index is 9.99. The number of fused-ring (bicyclic) bond motifs is 6. The monoisotopic (exact) mass is 864 g/mol. The molecule has 2 heteroatoms. The first kappa shape index (κ1) is 28.0. The van der Waals surface area contributed by atoms with E-state index in [4.69, 9.17) is 0 Å². The van der Waals surface area contributed by atoms with Crippen molar-refractivity contribution in [1.29, 1.82) is 0 Å². The van der Waals surface area contributed by atoms with Gasteiger partial charge in [0, 0.05) is 0 Å². The number of halogens is 2. The summed E-state index contributed by atoms with van der Waals surface area (Å²) in [5.74, 6) is 0. The molecule has 10 rings (SSSR count). The zero-order chi connectivity index (χ0) is 34.8. The fraction of sp³-hybridized carbons (Fsp3) is 0. The van der Waals surface area contributed by atoms with Crippen molar-refractivity contribution < 1.29 is 2.74 Å². The van der Waals surface area contributed by atoms with Gasteiger partial charge in [-0.3, -0.25) is 0 Å². The van der Waals surface area contributed by atoms with Crippen molar-refractivity contribution >= 4 is 39.6 Å². The van der Waals surface area contributed by atoms with Gasteiger partial charge in [-0.1, -0.05) is 0 Å². The Labute approximate surface area is 311 Å². The van der Waals surface area contributed by atoms with Gasteiger partial charge in [0.2, 0.25) is 0 Å². The van der Waals surface area contributed by atoms with Crippen molar-refractivity contribution in [3.05, 3.63) is 215 Å². The van der Waals surface area contributed by atoms with Crippen LogP contribution in [0.25, 0.3) is 55.6 Å². The predicted molar refractivity (Wildman–Crippen MR) is 227 cm³/mol. The summed E-state index contributed by atoms with van der Waals surface area (Å²) in [6.45, 7) is 0. The van der Waals surface area contributed by atoms with Crippen molar-refractivity contribution in [3.8, 4) is 55.6 Å². The van der Waals surface area contributed by atoms with E-state index >= 15 is 0 Å². The Morgan fingerprint density at radius 2 is 0.700 bits per heavy atom. The minimum absolute atomic E-state index is 0.435. The molecule has 0 nitrogen and oxygen atoms in total. The topological polar surface area (TPSA) is 0 Å². The molecule has 0 unspecified atom stereocenters. The van der Waals surface area contributed by atoms with Gasteiger partial charge in [-0.2, -0.15) is 0 Å². The van der Waals surface area contributed by atoms with Crippen LogP contribution in [0.1, 0.15) is 2.74 Å². The molecule has 0 bridgehead atoms. The molecule has 0 atom stereocenters. The van der Waals surface area contributed by atoms with Gasteiger partial charge in [0.05, 0.1) is 0 Å². The first-order valence-corrected chi connectivity index (χ1v) is 23.3. The molecule has 0 N–H and O–H groups in total. The Balaban J connectivity index is 1.27. The molecule has 50 heavy (non-hydrogen) atoms. The summed E-state index contributed by atoms with van der Waals surface area (Å²) in [4.78, 5) is 0. The van der Waals surface area contributed by atoms with Crippen LogP contribution in [0.2, 0.25) is 0 Å². The van der Waals surface area contributed by atoms with Crippen LogP contribution >= 0.6 is 39.6 Å². The van der Waals surface area contributed by atoms with Gasteiger partial charge in [-0.25, -0.2) is 0 Å². The molecule has 0 saturated carbocycles. The molecule has 2 aliphatic heterocycles. The Bertz CT molecular complexity index is 2540. The van der Waals surface area contributed by atoms with Gasteiger partial charge in [0.15, 0.2) is 0 Å². The number of hydrogen-bond donors (Lipinski definition) is 0. The van der Waals surface area contributed by atoms with Gasteiger partial charge in [0.25, 0.3) is 0 Å². The molecule has 0 radical (unpaired) electrons. The minimum atomic E-state index is -2.50. The average Bonchev–Trinajstić information content (AvgIpc) is 3.71. The van der Waals surface area contributed by atoms with Crippen LogP contribution in [-0.4, -0.2) is 0 Å². The van der Waals surface area contributed by atoms with Gasteiger partial charge in [-0.05, 0) is 0 Å². The van der Waals surface area contributed by atoms with E-state index in [2.05, 4.69) is 140 Å². The van der Waals surface area contributed by atoms with E-state index in [1.807, 2.05) is 42.5 Å². The van der Waals surface area contributed by atoms with E-state index in [9.17, 15) is 2.74 Å². The average molecular weight is 865 g/mol. The van der Waals surface area contributed by atoms with Crippen LogP contribution in [0.15, 0.2) is 194 Å². The third-order valence-electron chi connectivity index (χ3n) is 9.48. The second-order valence-electron chi connectivity index (χ2n) is 12.4. The summed E-state index contributed by atoms with van der Waals surface area (Å²) in [5, 5.41) is 0. The molecule has 0 spiro atoms. The number of hydrogen-bond acceptors (Lipinski definition) is 0. The molecule has 2 aliphatic rings. The fourth-order valence-corrected chi connectivity index (χ4v) is 20.6. The third kappa shape index (κ3) is 4.91. The van der Waals surface area contributed by atoms with Crippen molar-refractivity contribution in [2.24, 2.45) is 0 Å². The molecule has 0 saturated heterocycles. The number of benzene rings is 8. The molecule has 2 heterocycles. The van der Waals surface area contributed by atoms with Gasteiger partial charge in [0.1, 0.15) is 0 Å². The first-order valence-electron chi connectivity index (χ1n) is 17.8. The molecular weight excluding hydrogens is 830 g/mol. The van der Waals surface area contributed by atoms with E-state index in [-0.39, 0.29) is 0 Å². The zero-order valence-corrected chi connectivity index (χ0v) is 31.4. The zero-order valence-electron chi connectivity index (χ0n) is 29.1. The van der Waals surface area contributed by atoms with Gasteiger partial charge in [-0.15, -0.1) is 0 Å². The van der Waals surface area contributed by atoms with Gasteiger partial charge < -0.3 is 0 Å². The molecular formula is C48H32I2. The summed E-state index contributed by atoms with van der Waals surface area (Å²) in [6, 6.07) is 66.4. The second kappa shape index (κ2) is 12.5. The maximum absolute atomic E-state index is 9.99. The molecule has 238 valence electrons. The number of rotatable bonds is 5. The molecule has 8 aromatic carbocycles. The summed E-state index contributed by atoms with van der Waals surface area (Å²) >= 11 is -4.44. The summed E-state index contributed by atoms with van der Waals surface area (Å²) in [7, 11) is 0. The summed E-state index contributed by atoms with van der Waals surface area (Å²) in [6.07, 6.45) is 0. The van der Waals surface area contributed by atoms with Crippen molar-refractivity contribution in [3.63, 3.8) is 0 Å². The Morgan fingerprint density at radius 3 is 1.22 bits per heavy atom. The van der Waals surface area contributed by atoms with E-state index in [1.54, 1.807) is 0 Å². The van der Waals surface area contributed by atoms with Crippen molar-refractivity contribution in [1.82, 2.24) is 0 Å². The third-order valence-corrected chi connectivity index (χ3v) is 22.0. The fourth-order valence-electron chi connectivity index (χ4n) is 7.24. The molecule has 0 aromatic heterocycles. The van der Waals surface area contributed by atoms with Crippen molar-refractivity contribution in [2.75, 3.05) is 0 Å².